The number of alkyl halides is 3. The zero-order valence-corrected chi connectivity index (χ0v) is 15.0. The molecule has 0 spiro atoms. The molecule has 1 amide bonds. The Morgan fingerprint density at radius 3 is 2.41 bits per heavy atom. The highest BCUT2D eigenvalue weighted by Crippen LogP contribution is 2.34. The summed E-state index contributed by atoms with van der Waals surface area (Å²) in [6.45, 7) is 1.46. The maximum atomic E-state index is 13.2. The molecule has 0 aliphatic carbocycles. The van der Waals surface area contributed by atoms with Crippen LogP contribution in [-0.2, 0) is 11.0 Å². The van der Waals surface area contributed by atoms with Gasteiger partial charge in [-0.25, -0.2) is 8.78 Å². The summed E-state index contributed by atoms with van der Waals surface area (Å²) in [5, 5.41) is 16.1. The fraction of sp³-hybridized carbons (Fsp3) is 0.278. The summed E-state index contributed by atoms with van der Waals surface area (Å²) < 4.78 is 64.3. The number of amides is 1. The van der Waals surface area contributed by atoms with Crippen LogP contribution in [0.5, 0.6) is 0 Å². The van der Waals surface area contributed by atoms with E-state index >= 15 is 0 Å². The summed E-state index contributed by atoms with van der Waals surface area (Å²) in [7, 11) is 0. The van der Waals surface area contributed by atoms with Gasteiger partial charge in [0.05, 0.1) is 16.5 Å². The minimum absolute atomic E-state index is 0.0947. The Labute approximate surface area is 161 Å². The van der Waals surface area contributed by atoms with Crippen molar-refractivity contribution < 1.29 is 31.7 Å². The summed E-state index contributed by atoms with van der Waals surface area (Å²) in [5.74, 6) is -2.57. The molecule has 2 N–H and O–H groups in total. The molecule has 11 heteroatoms. The quantitative estimate of drug-likeness (QED) is 0.393. The van der Waals surface area contributed by atoms with Crippen LogP contribution in [0.2, 0.25) is 0 Å². The third kappa shape index (κ3) is 5.87. The number of nitro groups is 1. The van der Waals surface area contributed by atoms with Gasteiger partial charge >= 0.3 is 6.18 Å². The van der Waals surface area contributed by atoms with Gasteiger partial charge in [-0.05, 0) is 36.8 Å². The molecule has 2 aromatic carbocycles. The second-order valence-electron chi connectivity index (χ2n) is 6.13. The normalized spacial score (nSPS) is 12.3. The first-order valence-corrected chi connectivity index (χ1v) is 8.33. The SMILES string of the molecule is CC(NC(=O)CCNc1ccc(C(F)(F)F)cc1[N+](=O)[O-])c1ccc(F)c(F)c1. The van der Waals surface area contributed by atoms with Crippen LogP contribution < -0.4 is 10.6 Å². The molecule has 2 rings (SSSR count). The lowest BCUT2D eigenvalue weighted by Gasteiger charge is -2.15. The predicted octanol–water partition coefficient (Wildman–Crippen LogP) is 4.57. The molecular weight excluding hydrogens is 401 g/mol. The van der Waals surface area contributed by atoms with Crippen LogP contribution in [0.4, 0.5) is 33.3 Å². The smallest absolute Gasteiger partial charge is 0.379 e. The molecule has 156 valence electrons. The van der Waals surface area contributed by atoms with Crippen molar-refractivity contribution >= 4 is 17.3 Å². The van der Waals surface area contributed by atoms with Crippen molar-refractivity contribution in [2.75, 3.05) is 11.9 Å². The highest BCUT2D eigenvalue weighted by atomic mass is 19.4. The van der Waals surface area contributed by atoms with Crippen molar-refractivity contribution in [1.82, 2.24) is 5.32 Å². The lowest BCUT2D eigenvalue weighted by molar-refractivity contribution is -0.384. The van der Waals surface area contributed by atoms with Crippen molar-refractivity contribution in [2.45, 2.75) is 25.6 Å². The van der Waals surface area contributed by atoms with Crippen molar-refractivity contribution in [3.8, 4) is 0 Å². The van der Waals surface area contributed by atoms with Crippen molar-refractivity contribution in [1.29, 1.82) is 0 Å². The number of hydrogen-bond donors (Lipinski definition) is 2. The van der Waals surface area contributed by atoms with Gasteiger partial charge in [-0.15, -0.1) is 0 Å². The largest absolute Gasteiger partial charge is 0.416 e. The molecule has 1 unspecified atom stereocenters. The number of rotatable bonds is 7. The van der Waals surface area contributed by atoms with Crippen LogP contribution in [0.15, 0.2) is 36.4 Å². The molecule has 0 aliphatic heterocycles. The predicted molar refractivity (Wildman–Crippen MR) is 94.1 cm³/mol. The van der Waals surface area contributed by atoms with E-state index in [4.69, 9.17) is 0 Å². The summed E-state index contributed by atoms with van der Waals surface area (Å²) in [6.07, 6.45) is -4.88. The van der Waals surface area contributed by atoms with Crippen molar-refractivity contribution in [3.05, 3.63) is 69.3 Å². The fourth-order valence-electron chi connectivity index (χ4n) is 2.50. The van der Waals surface area contributed by atoms with E-state index in [0.29, 0.717) is 17.7 Å². The van der Waals surface area contributed by atoms with E-state index in [-0.39, 0.29) is 18.7 Å². The van der Waals surface area contributed by atoms with Gasteiger partial charge < -0.3 is 10.6 Å². The Morgan fingerprint density at radius 1 is 1.14 bits per heavy atom. The standard InChI is InChI=1S/C18H16F5N3O3/c1-10(11-2-4-13(19)14(20)8-11)25-17(27)6-7-24-15-5-3-12(18(21,22)23)9-16(15)26(28)29/h2-5,8-10,24H,6-7H2,1H3,(H,25,27). The second-order valence-corrected chi connectivity index (χ2v) is 6.13. The molecule has 0 bridgehead atoms. The van der Waals surface area contributed by atoms with E-state index in [1.165, 1.54) is 6.07 Å². The topological polar surface area (TPSA) is 84.3 Å². The molecule has 1 atom stereocenters. The lowest BCUT2D eigenvalue weighted by Crippen LogP contribution is -2.28. The highest BCUT2D eigenvalue weighted by Gasteiger charge is 2.33. The molecule has 0 radical (unpaired) electrons. The number of carbonyl (C=O) groups is 1. The fourth-order valence-corrected chi connectivity index (χ4v) is 2.50. The molecule has 2 aromatic rings. The van der Waals surface area contributed by atoms with Gasteiger partial charge in [0, 0.05) is 19.0 Å². The second kappa shape index (κ2) is 8.84. The zero-order chi connectivity index (χ0) is 21.8. The molecule has 6 nitrogen and oxygen atoms in total. The van der Waals surface area contributed by atoms with Crippen molar-refractivity contribution in [3.63, 3.8) is 0 Å². The highest BCUT2D eigenvalue weighted by molar-refractivity contribution is 5.77. The number of nitro benzene ring substituents is 1. The van der Waals surface area contributed by atoms with E-state index in [9.17, 15) is 36.9 Å². The summed E-state index contributed by atoms with van der Waals surface area (Å²) in [6, 6.07) is 4.59. The Bertz CT molecular complexity index is 918. The van der Waals surface area contributed by atoms with Crippen LogP contribution in [0, 0.1) is 21.7 Å². The molecule has 0 heterocycles. The van der Waals surface area contributed by atoms with Gasteiger partial charge in [0.2, 0.25) is 5.91 Å². The Morgan fingerprint density at radius 2 is 1.83 bits per heavy atom. The average molecular weight is 417 g/mol. The van der Waals surface area contributed by atoms with E-state index < -0.39 is 45.9 Å². The third-order valence-corrected chi connectivity index (χ3v) is 4.01. The van der Waals surface area contributed by atoms with Crippen LogP contribution in [0.3, 0.4) is 0 Å². The lowest BCUT2D eigenvalue weighted by atomic mass is 10.1. The minimum Gasteiger partial charge on any atom is -0.379 e. The first kappa shape index (κ1) is 22.1. The Balaban J connectivity index is 1.96. The number of nitrogens with zero attached hydrogens (tertiary/aromatic N) is 1. The van der Waals surface area contributed by atoms with Crippen LogP contribution in [0.25, 0.3) is 0 Å². The molecule has 0 saturated carbocycles. The van der Waals surface area contributed by atoms with Gasteiger partial charge in [-0.1, -0.05) is 6.07 Å². The van der Waals surface area contributed by atoms with Crippen LogP contribution >= 0.6 is 0 Å². The van der Waals surface area contributed by atoms with Crippen LogP contribution in [0.1, 0.15) is 30.5 Å². The molecule has 0 aliphatic rings. The maximum Gasteiger partial charge on any atom is 0.416 e. The van der Waals surface area contributed by atoms with E-state index in [1.807, 2.05) is 0 Å². The number of carbonyl (C=O) groups excluding carboxylic acids is 1. The number of nitrogens with one attached hydrogen (secondary N) is 2. The van der Waals surface area contributed by atoms with Gasteiger partial charge in [0.1, 0.15) is 5.69 Å². The van der Waals surface area contributed by atoms with Gasteiger partial charge in [-0.2, -0.15) is 13.2 Å². The maximum absolute atomic E-state index is 13.2. The van der Waals surface area contributed by atoms with E-state index in [0.717, 1.165) is 18.2 Å². The molecule has 0 aromatic heterocycles. The van der Waals surface area contributed by atoms with E-state index in [2.05, 4.69) is 10.6 Å². The summed E-state index contributed by atoms with van der Waals surface area (Å²) in [4.78, 5) is 22.0. The molecule has 29 heavy (non-hydrogen) atoms. The number of anilines is 1. The summed E-state index contributed by atoms with van der Waals surface area (Å²) >= 11 is 0. The minimum atomic E-state index is -4.72. The van der Waals surface area contributed by atoms with Gasteiger partial charge in [0.15, 0.2) is 11.6 Å². The molecule has 0 saturated heterocycles. The van der Waals surface area contributed by atoms with Crippen molar-refractivity contribution in [2.24, 2.45) is 0 Å². The van der Waals surface area contributed by atoms with Crippen LogP contribution in [-0.4, -0.2) is 17.4 Å². The molecule has 0 fully saturated rings. The zero-order valence-electron chi connectivity index (χ0n) is 15.0. The third-order valence-electron chi connectivity index (χ3n) is 4.01. The number of benzene rings is 2. The van der Waals surface area contributed by atoms with Gasteiger partial charge in [-0.3, -0.25) is 14.9 Å². The first-order chi connectivity index (χ1) is 13.5. The first-order valence-electron chi connectivity index (χ1n) is 8.33. The Hall–Kier alpha value is -3.24. The number of hydrogen-bond acceptors (Lipinski definition) is 4. The van der Waals surface area contributed by atoms with Gasteiger partial charge in [0.25, 0.3) is 5.69 Å². The summed E-state index contributed by atoms with van der Waals surface area (Å²) in [5.41, 5.74) is -1.75. The monoisotopic (exact) mass is 417 g/mol. The molecular formula is C18H16F5N3O3. The van der Waals surface area contributed by atoms with E-state index in [1.54, 1.807) is 6.92 Å². The Kier molecular flexibility index (Phi) is 6.72. The number of halogens is 5. The average Bonchev–Trinajstić information content (AvgIpc) is 2.63.